The number of halogens is 2. The first-order chi connectivity index (χ1) is 8.58. The Morgan fingerprint density at radius 2 is 1.83 bits per heavy atom. The molecule has 0 saturated carbocycles. The lowest BCUT2D eigenvalue weighted by Crippen LogP contribution is -2.01. The van der Waals surface area contributed by atoms with Crippen LogP contribution in [0.2, 0.25) is 0 Å². The quantitative estimate of drug-likeness (QED) is 0.804. The molecule has 0 spiro atoms. The molecule has 0 amide bonds. The molecule has 94 valence electrons. The van der Waals surface area contributed by atoms with Crippen molar-refractivity contribution in [2.75, 3.05) is 5.73 Å². The van der Waals surface area contributed by atoms with Crippen molar-refractivity contribution >= 4 is 48.3 Å². The van der Waals surface area contributed by atoms with Gasteiger partial charge in [0.05, 0.1) is 21.4 Å². The predicted octanol–water partition coefficient (Wildman–Crippen LogP) is 4.10. The summed E-state index contributed by atoms with van der Waals surface area (Å²) < 4.78 is 14.1. The van der Waals surface area contributed by atoms with Crippen molar-refractivity contribution in [2.24, 2.45) is 0 Å². The van der Waals surface area contributed by atoms with Crippen LogP contribution in [0.5, 0.6) is 0 Å². The van der Waals surface area contributed by atoms with Crippen LogP contribution in [0.15, 0.2) is 56.3 Å². The molecule has 0 heterocycles. The second-order valence-electron chi connectivity index (χ2n) is 3.76. The maximum absolute atomic E-state index is 12.3. The summed E-state index contributed by atoms with van der Waals surface area (Å²) in [4.78, 5) is 0.791. The fraction of sp³-hybridized carbons (Fsp3) is 0.0769. The Morgan fingerprint density at radius 1 is 1.11 bits per heavy atom. The molecule has 0 bridgehead atoms. The van der Waals surface area contributed by atoms with E-state index in [0.717, 1.165) is 19.4 Å². The molecule has 5 heteroatoms. The van der Waals surface area contributed by atoms with Crippen molar-refractivity contribution in [3.05, 3.63) is 57.0 Å². The number of nitrogen functional groups attached to an aromatic ring is 1. The molecule has 0 fully saturated rings. The van der Waals surface area contributed by atoms with E-state index >= 15 is 0 Å². The standard InChI is InChI=1S/C13H11Br2NOS/c14-10-6-5-9(12(16)7-10)8-18(17)13-4-2-1-3-11(13)15/h1-7H,8,16H2. The van der Waals surface area contributed by atoms with Crippen LogP contribution in [0.3, 0.4) is 0 Å². The van der Waals surface area contributed by atoms with E-state index in [1.807, 2.05) is 42.5 Å². The molecular formula is C13H11Br2NOS. The highest BCUT2D eigenvalue weighted by Gasteiger charge is 2.10. The van der Waals surface area contributed by atoms with Gasteiger partial charge in [0.1, 0.15) is 0 Å². The largest absolute Gasteiger partial charge is 0.398 e. The fourth-order valence-corrected chi connectivity index (χ4v) is 3.97. The number of benzene rings is 2. The van der Waals surface area contributed by atoms with Crippen molar-refractivity contribution in [1.82, 2.24) is 0 Å². The van der Waals surface area contributed by atoms with Gasteiger partial charge in [0.15, 0.2) is 0 Å². The zero-order valence-electron chi connectivity index (χ0n) is 9.40. The van der Waals surface area contributed by atoms with Crippen molar-refractivity contribution in [1.29, 1.82) is 0 Å². The monoisotopic (exact) mass is 387 g/mol. The third-order valence-corrected chi connectivity index (χ3v) is 5.34. The van der Waals surface area contributed by atoms with E-state index in [0.29, 0.717) is 11.4 Å². The first-order valence-corrected chi connectivity index (χ1v) is 8.15. The molecule has 18 heavy (non-hydrogen) atoms. The molecule has 0 saturated heterocycles. The summed E-state index contributed by atoms with van der Waals surface area (Å²) in [6.07, 6.45) is 0. The van der Waals surface area contributed by atoms with Gasteiger partial charge in [0.25, 0.3) is 0 Å². The summed E-state index contributed by atoms with van der Waals surface area (Å²) in [5, 5.41) is 0. The van der Waals surface area contributed by atoms with Crippen LogP contribution in [0.4, 0.5) is 5.69 Å². The molecule has 2 aromatic carbocycles. The SMILES string of the molecule is Nc1cc(Br)ccc1CS(=O)c1ccccc1Br. The molecule has 0 aliphatic rings. The van der Waals surface area contributed by atoms with E-state index < -0.39 is 10.8 Å². The summed E-state index contributed by atoms with van der Waals surface area (Å²) in [7, 11) is -1.11. The molecule has 0 aliphatic heterocycles. The molecule has 2 rings (SSSR count). The molecular weight excluding hydrogens is 378 g/mol. The molecule has 2 N–H and O–H groups in total. The molecule has 1 atom stereocenters. The Bertz CT molecular complexity index is 601. The van der Waals surface area contributed by atoms with Gasteiger partial charge in [-0.3, -0.25) is 4.21 Å². The molecule has 2 aromatic rings. The summed E-state index contributed by atoms with van der Waals surface area (Å²) in [6.45, 7) is 0. The third kappa shape index (κ3) is 3.22. The highest BCUT2D eigenvalue weighted by Crippen LogP contribution is 2.25. The van der Waals surface area contributed by atoms with E-state index in [-0.39, 0.29) is 0 Å². The normalized spacial score (nSPS) is 12.3. The zero-order chi connectivity index (χ0) is 13.1. The van der Waals surface area contributed by atoms with Gasteiger partial charge in [-0.2, -0.15) is 0 Å². The Balaban J connectivity index is 2.24. The van der Waals surface area contributed by atoms with Gasteiger partial charge in [0, 0.05) is 14.6 Å². The van der Waals surface area contributed by atoms with Gasteiger partial charge in [-0.1, -0.05) is 34.1 Å². The van der Waals surface area contributed by atoms with Crippen molar-refractivity contribution < 1.29 is 4.21 Å². The fourth-order valence-electron chi connectivity index (χ4n) is 1.55. The topological polar surface area (TPSA) is 43.1 Å². The van der Waals surface area contributed by atoms with Gasteiger partial charge < -0.3 is 5.73 Å². The van der Waals surface area contributed by atoms with Gasteiger partial charge in [-0.25, -0.2) is 0 Å². The molecule has 1 unspecified atom stereocenters. The summed E-state index contributed by atoms with van der Waals surface area (Å²) in [6, 6.07) is 13.2. The minimum atomic E-state index is -1.11. The summed E-state index contributed by atoms with van der Waals surface area (Å²) in [5.41, 5.74) is 7.46. The Labute approximate surface area is 125 Å². The van der Waals surface area contributed by atoms with E-state index in [1.54, 1.807) is 0 Å². The summed E-state index contributed by atoms with van der Waals surface area (Å²) in [5.74, 6) is 0.418. The Morgan fingerprint density at radius 3 is 2.50 bits per heavy atom. The van der Waals surface area contributed by atoms with Crippen LogP contribution in [0.1, 0.15) is 5.56 Å². The first kappa shape index (κ1) is 13.8. The lowest BCUT2D eigenvalue weighted by atomic mass is 10.2. The minimum Gasteiger partial charge on any atom is -0.398 e. The Hall–Kier alpha value is -0.650. The first-order valence-electron chi connectivity index (χ1n) is 5.25. The average molecular weight is 389 g/mol. The number of anilines is 1. The van der Waals surface area contributed by atoms with Crippen LogP contribution < -0.4 is 5.73 Å². The van der Waals surface area contributed by atoms with Gasteiger partial charge >= 0.3 is 0 Å². The lowest BCUT2D eigenvalue weighted by Gasteiger charge is -2.07. The number of hydrogen-bond donors (Lipinski definition) is 1. The van der Waals surface area contributed by atoms with Crippen molar-refractivity contribution in [3.63, 3.8) is 0 Å². The van der Waals surface area contributed by atoms with Crippen molar-refractivity contribution in [2.45, 2.75) is 10.6 Å². The van der Waals surface area contributed by atoms with Crippen LogP contribution in [-0.4, -0.2) is 4.21 Å². The molecule has 2 nitrogen and oxygen atoms in total. The lowest BCUT2D eigenvalue weighted by molar-refractivity contribution is 0.682. The summed E-state index contributed by atoms with van der Waals surface area (Å²) >= 11 is 6.76. The zero-order valence-corrected chi connectivity index (χ0v) is 13.4. The molecule has 0 aromatic heterocycles. The van der Waals surface area contributed by atoms with Gasteiger partial charge in [-0.15, -0.1) is 0 Å². The number of rotatable bonds is 3. The maximum Gasteiger partial charge on any atom is 0.0586 e. The van der Waals surface area contributed by atoms with Gasteiger partial charge in [0.2, 0.25) is 0 Å². The smallest absolute Gasteiger partial charge is 0.0586 e. The highest BCUT2D eigenvalue weighted by atomic mass is 79.9. The van der Waals surface area contributed by atoms with E-state index in [1.165, 1.54) is 0 Å². The van der Waals surface area contributed by atoms with E-state index in [9.17, 15) is 4.21 Å². The van der Waals surface area contributed by atoms with Crippen LogP contribution in [0.25, 0.3) is 0 Å². The number of hydrogen-bond acceptors (Lipinski definition) is 2. The third-order valence-electron chi connectivity index (χ3n) is 2.48. The van der Waals surface area contributed by atoms with E-state index in [2.05, 4.69) is 31.9 Å². The second-order valence-corrected chi connectivity index (χ2v) is 6.95. The van der Waals surface area contributed by atoms with Crippen LogP contribution in [0, 0.1) is 0 Å². The molecule has 0 aliphatic carbocycles. The molecule has 0 radical (unpaired) electrons. The number of nitrogens with two attached hydrogens (primary N) is 1. The van der Waals surface area contributed by atoms with Gasteiger partial charge in [-0.05, 0) is 45.8 Å². The Kier molecular flexibility index (Phi) is 4.59. The highest BCUT2D eigenvalue weighted by molar-refractivity contribution is 9.10. The predicted molar refractivity (Wildman–Crippen MR) is 82.8 cm³/mol. The maximum atomic E-state index is 12.3. The average Bonchev–Trinajstić information content (AvgIpc) is 2.33. The second kappa shape index (κ2) is 5.99. The van der Waals surface area contributed by atoms with Crippen LogP contribution >= 0.6 is 31.9 Å². The van der Waals surface area contributed by atoms with E-state index in [4.69, 9.17) is 5.73 Å². The minimum absolute atomic E-state index is 0.418. The van der Waals surface area contributed by atoms with Crippen LogP contribution in [-0.2, 0) is 16.6 Å². The van der Waals surface area contributed by atoms with Crippen molar-refractivity contribution in [3.8, 4) is 0 Å².